The van der Waals surface area contributed by atoms with Crippen LogP contribution in [0.4, 0.5) is 0 Å². The van der Waals surface area contributed by atoms with Crippen LogP contribution in [0.25, 0.3) is 0 Å². The molecule has 1 N–H and O–H groups in total. The first-order valence-corrected chi connectivity index (χ1v) is 8.35. The number of rotatable bonds is 3. The lowest BCUT2D eigenvalue weighted by atomic mass is 9.97. The molecule has 1 aromatic carbocycles. The van der Waals surface area contributed by atoms with Crippen molar-refractivity contribution < 1.29 is 4.79 Å². The summed E-state index contributed by atoms with van der Waals surface area (Å²) in [5.74, 6) is 0.631. The minimum Gasteiger partial charge on any atom is -0.352 e. The monoisotopic (exact) mass is 436 g/mol. The van der Waals surface area contributed by atoms with Crippen molar-refractivity contribution in [1.82, 2.24) is 10.2 Å². The fourth-order valence-corrected chi connectivity index (χ4v) is 3.19. The van der Waals surface area contributed by atoms with Gasteiger partial charge in [0.05, 0.1) is 5.56 Å². The average Bonchev–Trinajstić information content (AvgIpc) is 2.40. The minimum atomic E-state index is 0.0179. The van der Waals surface area contributed by atoms with E-state index in [1.807, 2.05) is 18.2 Å². The quantitative estimate of drug-likeness (QED) is 0.738. The zero-order valence-corrected chi connectivity index (χ0v) is 14.7. The van der Waals surface area contributed by atoms with Crippen molar-refractivity contribution in [3.8, 4) is 0 Å². The largest absolute Gasteiger partial charge is 0.352 e. The van der Waals surface area contributed by atoms with Gasteiger partial charge in [0.1, 0.15) is 0 Å². The SMILES string of the molecule is CN1CCC(CNC(=O)c2cc(I)ccc2Br)CC1. The standard InChI is InChI=1S/C14H18BrIN2O/c1-18-6-4-10(5-7-18)9-17-14(19)12-8-11(16)2-3-13(12)15/h2-3,8,10H,4-7,9H2,1H3,(H,17,19). The van der Waals surface area contributed by atoms with Gasteiger partial charge in [-0.25, -0.2) is 0 Å². The molecule has 19 heavy (non-hydrogen) atoms. The van der Waals surface area contributed by atoms with Crippen LogP contribution in [0, 0.1) is 9.49 Å². The van der Waals surface area contributed by atoms with Crippen LogP contribution in [0.15, 0.2) is 22.7 Å². The van der Waals surface area contributed by atoms with Gasteiger partial charge in [0.25, 0.3) is 5.91 Å². The van der Waals surface area contributed by atoms with Gasteiger partial charge < -0.3 is 10.2 Å². The van der Waals surface area contributed by atoms with E-state index in [9.17, 15) is 4.79 Å². The third-order valence-electron chi connectivity index (χ3n) is 3.56. The van der Waals surface area contributed by atoms with Gasteiger partial charge in [-0.15, -0.1) is 0 Å². The van der Waals surface area contributed by atoms with E-state index in [-0.39, 0.29) is 5.91 Å². The van der Waals surface area contributed by atoms with Gasteiger partial charge in [0.2, 0.25) is 0 Å². The van der Waals surface area contributed by atoms with E-state index in [4.69, 9.17) is 0 Å². The topological polar surface area (TPSA) is 32.3 Å². The first-order chi connectivity index (χ1) is 9.06. The molecule has 2 rings (SSSR count). The fraction of sp³-hybridized carbons (Fsp3) is 0.500. The molecule has 0 radical (unpaired) electrons. The molecule has 0 bridgehead atoms. The van der Waals surface area contributed by atoms with Crippen LogP contribution in [-0.2, 0) is 0 Å². The van der Waals surface area contributed by atoms with Gasteiger partial charge in [-0.3, -0.25) is 4.79 Å². The van der Waals surface area contributed by atoms with Crippen LogP contribution in [0.2, 0.25) is 0 Å². The molecule has 1 heterocycles. The first-order valence-electron chi connectivity index (χ1n) is 6.48. The lowest BCUT2D eigenvalue weighted by Crippen LogP contribution is -2.37. The number of halogens is 2. The third-order valence-corrected chi connectivity index (χ3v) is 4.92. The maximum atomic E-state index is 12.2. The van der Waals surface area contributed by atoms with Crippen molar-refractivity contribution in [3.63, 3.8) is 0 Å². The number of carbonyl (C=O) groups excluding carboxylic acids is 1. The maximum Gasteiger partial charge on any atom is 0.252 e. The van der Waals surface area contributed by atoms with E-state index in [1.165, 1.54) is 12.8 Å². The first kappa shape index (κ1) is 15.3. The molecule has 5 heteroatoms. The van der Waals surface area contributed by atoms with Crippen LogP contribution in [0.1, 0.15) is 23.2 Å². The van der Waals surface area contributed by atoms with Crippen LogP contribution in [0.5, 0.6) is 0 Å². The highest BCUT2D eigenvalue weighted by Gasteiger charge is 2.18. The maximum absolute atomic E-state index is 12.2. The molecule has 104 valence electrons. The highest BCUT2D eigenvalue weighted by molar-refractivity contribution is 14.1. The van der Waals surface area contributed by atoms with Crippen LogP contribution < -0.4 is 5.32 Å². The Labute approximate surface area is 136 Å². The lowest BCUT2D eigenvalue weighted by Gasteiger charge is -2.28. The molecule has 1 saturated heterocycles. The van der Waals surface area contributed by atoms with E-state index in [2.05, 4.69) is 55.8 Å². The summed E-state index contributed by atoms with van der Waals surface area (Å²) in [6, 6.07) is 5.82. The number of piperidine rings is 1. The van der Waals surface area contributed by atoms with E-state index in [1.54, 1.807) is 0 Å². The molecule has 0 spiro atoms. The van der Waals surface area contributed by atoms with E-state index in [0.29, 0.717) is 5.92 Å². The van der Waals surface area contributed by atoms with Gasteiger partial charge in [-0.2, -0.15) is 0 Å². The molecule has 0 unspecified atom stereocenters. The van der Waals surface area contributed by atoms with Crippen molar-refractivity contribution in [3.05, 3.63) is 31.8 Å². The second-order valence-electron chi connectivity index (χ2n) is 5.08. The summed E-state index contributed by atoms with van der Waals surface area (Å²) >= 11 is 5.66. The summed E-state index contributed by atoms with van der Waals surface area (Å²) in [5.41, 5.74) is 0.722. The second kappa shape index (κ2) is 7.04. The number of benzene rings is 1. The average molecular weight is 437 g/mol. The Morgan fingerprint density at radius 3 is 2.84 bits per heavy atom. The Balaban J connectivity index is 1.89. The van der Waals surface area contributed by atoms with Crippen molar-refractivity contribution in [1.29, 1.82) is 0 Å². The third kappa shape index (κ3) is 4.43. The molecular formula is C14H18BrIN2O. The molecule has 0 atom stereocenters. The molecule has 1 amide bonds. The van der Waals surface area contributed by atoms with E-state index in [0.717, 1.165) is 33.2 Å². The van der Waals surface area contributed by atoms with Gasteiger partial charge in [-0.05, 0) is 95.6 Å². The predicted octanol–water partition coefficient (Wildman–Crippen LogP) is 3.13. The van der Waals surface area contributed by atoms with Crippen LogP contribution in [-0.4, -0.2) is 37.5 Å². The van der Waals surface area contributed by atoms with Crippen LogP contribution in [0.3, 0.4) is 0 Å². The van der Waals surface area contributed by atoms with Crippen molar-refractivity contribution in [2.75, 3.05) is 26.7 Å². The smallest absolute Gasteiger partial charge is 0.252 e. The molecule has 0 saturated carbocycles. The number of nitrogens with zero attached hydrogens (tertiary/aromatic N) is 1. The Bertz CT molecular complexity index is 459. The zero-order valence-electron chi connectivity index (χ0n) is 11.0. The van der Waals surface area contributed by atoms with Crippen molar-refractivity contribution >= 4 is 44.4 Å². The summed E-state index contributed by atoms with van der Waals surface area (Å²) < 4.78 is 1.93. The molecule has 1 fully saturated rings. The molecule has 1 aliphatic rings. The van der Waals surface area contributed by atoms with E-state index >= 15 is 0 Å². The van der Waals surface area contributed by atoms with Gasteiger partial charge in [0.15, 0.2) is 0 Å². The summed E-state index contributed by atoms with van der Waals surface area (Å²) in [5, 5.41) is 3.06. The highest BCUT2D eigenvalue weighted by Crippen LogP contribution is 2.20. The van der Waals surface area contributed by atoms with Crippen molar-refractivity contribution in [2.24, 2.45) is 5.92 Å². The molecule has 1 aliphatic heterocycles. The van der Waals surface area contributed by atoms with Crippen molar-refractivity contribution in [2.45, 2.75) is 12.8 Å². The Morgan fingerprint density at radius 2 is 2.16 bits per heavy atom. The summed E-state index contributed by atoms with van der Waals surface area (Å²) in [6.45, 7) is 3.05. The number of nitrogens with one attached hydrogen (secondary N) is 1. The highest BCUT2D eigenvalue weighted by atomic mass is 127. The number of hydrogen-bond donors (Lipinski definition) is 1. The summed E-state index contributed by atoms with van der Waals surface area (Å²) in [4.78, 5) is 14.5. The number of amides is 1. The Morgan fingerprint density at radius 1 is 1.47 bits per heavy atom. The molecule has 0 aliphatic carbocycles. The fourth-order valence-electron chi connectivity index (χ4n) is 2.27. The second-order valence-corrected chi connectivity index (χ2v) is 7.18. The molecule has 3 nitrogen and oxygen atoms in total. The predicted molar refractivity (Wildman–Crippen MR) is 89.4 cm³/mol. The Hall–Kier alpha value is -0.140. The number of carbonyl (C=O) groups is 1. The molecule has 1 aromatic rings. The zero-order chi connectivity index (χ0) is 13.8. The number of likely N-dealkylation sites (tertiary alicyclic amines) is 1. The van der Waals surface area contributed by atoms with Crippen LogP contribution >= 0.6 is 38.5 Å². The normalized spacial score (nSPS) is 17.4. The summed E-state index contributed by atoms with van der Waals surface area (Å²) in [6.07, 6.45) is 2.34. The molecular weight excluding hydrogens is 419 g/mol. The summed E-state index contributed by atoms with van der Waals surface area (Å²) in [7, 11) is 2.15. The molecule has 0 aromatic heterocycles. The lowest BCUT2D eigenvalue weighted by molar-refractivity contribution is 0.0938. The Kier molecular flexibility index (Phi) is 5.65. The van der Waals surface area contributed by atoms with Gasteiger partial charge in [-0.1, -0.05) is 0 Å². The van der Waals surface area contributed by atoms with Gasteiger partial charge >= 0.3 is 0 Å². The van der Waals surface area contributed by atoms with E-state index < -0.39 is 0 Å². The minimum absolute atomic E-state index is 0.0179. The number of hydrogen-bond acceptors (Lipinski definition) is 2. The van der Waals surface area contributed by atoms with Gasteiger partial charge in [0, 0.05) is 14.6 Å².